The summed E-state index contributed by atoms with van der Waals surface area (Å²) in [7, 11) is 1.62. The number of hydrogen-bond acceptors (Lipinski definition) is 4. The van der Waals surface area contributed by atoms with Crippen molar-refractivity contribution in [1.29, 1.82) is 0 Å². The molecule has 0 spiro atoms. The van der Waals surface area contributed by atoms with Crippen LogP contribution in [0.4, 0.5) is 0 Å². The van der Waals surface area contributed by atoms with Gasteiger partial charge in [-0.3, -0.25) is 0 Å². The average molecular weight is 262 g/mol. The fraction of sp³-hybridized carbons (Fsp3) is 0.400. The normalized spacial score (nSPS) is 13.3. The quantitative estimate of drug-likeness (QED) is 0.736. The number of carbonyl (C=O) groups is 1. The van der Waals surface area contributed by atoms with Gasteiger partial charge in [0, 0.05) is 12.1 Å². The molecular formula is C15H22N2O2. The van der Waals surface area contributed by atoms with E-state index in [1.807, 2.05) is 44.2 Å². The maximum Gasteiger partial charge on any atom is 0.129 e. The zero-order valence-corrected chi connectivity index (χ0v) is 11.7. The number of ether oxygens (including phenoxy) is 1. The van der Waals surface area contributed by atoms with Gasteiger partial charge in [0.05, 0.1) is 13.0 Å². The molecule has 0 aromatic heterocycles. The molecule has 1 rings (SSSR count). The van der Waals surface area contributed by atoms with E-state index in [1.165, 1.54) is 0 Å². The first kappa shape index (κ1) is 15.2. The van der Waals surface area contributed by atoms with Crippen molar-refractivity contribution in [2.45, 2.75) is 25.3 Å². The molecule has 0 heterocycles. The van der Waals surface area contributed by atoms with Gasteiger partial charge < -0.3 is 20.6 Å². The van der Waals surface area contributed by atoms with Crippen molar-refractivity contribution in [2.75, 3.05) is 13.7 Å². The second-order valence-corrected chi connectivity index (χ2v) is 4.89. The van der Waals surface area contributed by atoms with Crippen molar-refractivity contribution >= 4 is 6.29 Å². The van der Waals surface area contributed by atoms with Gasteiger partial charge in [-0.1, -0.05) is 18.2 Å². The van der Waals surface area contributed by atoms with Crippen LogP contribution in [0.2, 0.25) is 0 Å². The average Bonchev–Trinajstić information content (AvgIpc) is 2.40. The van der Waals surface area contributed by atoms with Crippen molar-refractivity contribution in [2.24, 2.45) is 5.73 Å². The zero-order valence-electron chi connectivity index (χ0n) is 11.7. The largest absolute Gasteiger partial charge is 0.497 e. The number of hydrogen-bond donors (Lipinski definition) is 2. The molecule has 0 saturated heterocycles. The van der Waals surface area contributed by atoms with Crippen LogP contribution in [-0.4, -0.2) is 25.5 Å². The second kappa shape index (κ2) is 6.95. The lowest BCUT2D eigenvalue weighted by Gasteiger charge is -2.31. The van der Waals surface area contributed by atoms with Gasteiger partial charge in [0.25, 0.3) is 0 Å². The highest BCUT2D eigenvalue weighted by Gasteiger charge is 2.29. The predicted molar refractivity (Wildman–Crippen MR) is 77.2 cm³/mol. The van der Waals surface area contributed by atoms with Crippen LogP contribution in [0.3, 0.4) is 0 Å². The first-order valence-corrected chi connectivity index (χ1v) is 6.27. The molecule has 1 atom stereocenters. The molecule has 19 heavy (non-hydrogen) atoms. The minimum absolute atomic E-state index is 0.249. The number of aldehydes is 1. The predicted octanol–water partition coefficient (Wildman–Crippen LogP) is 1.82. The minimum atomic E-state index is -0.387. The molecule has 0 radical (unpaired) electrons. The number of carbonyl (C=O) groups excluding carboxylic acids is 1. The Labute approximate surface area is 114 Å². The molecule has 1 unspecified atom stereocenters. The summed E-state index contributed by atoms with van der Waals surface area (Å²) in [5.74, 6) is 0.531. The third kappa shape index (κ3) is 4.10. The van der Waals surface area contributed by atoms with Crippen molar-refractivity contribution in [3.8, 4) is 5.75 Å². The first-order valence-electron chi connectivity index (χ1n) is 6.27. The Morgan fingerprint density at radius 3 is 2.47 bits per heavy atom. The molecule has 4 nitrogen and oxygen atoms in total. The van der Waals surface area contributed by atoms with E-state index in [-0.39, 0.29) is 11.5 Å². The molecule has 1 aromatic carbocycles. The molecule has 0 amide bonds. The molecule has 0 bridgehead atoms. The third-order valence-corrected chi connectivity index (χ3v) is 3.10. The van der Waals surface area contributed by atoms with Gasteiger partial charge in [-0.05, 0) is 37.7 Å². The Kier molecular flexibility index (Phi) is 5.57. The van der Waals surface area contributed by atoms with Crippen LogP contribution in [0.5, 0.6) is 5.75 Å². The van der Waals surface area contributed by atoms with E-state index >= 15 is 0 Å². The molecule has 0 aliphatic rings. The fourth-order valence-corrected chi connectivity index (χ4v) is 1.91. The van der Waals surface area contributed by atoms with Crippen molar-refractivity contribution < 1.29 is 9.53 Å². The van der Waals surface area contributed by atoms with Crippen molar-refractivity contribution in [3.05, 3.63) is 42.1 Å². The highest BCUT2D eigenvalue weighted by atomic mass is 16.5. The lowest BCUT2D eigenvalue weighted by atomic mass is 9.83. The Morgan fingerprint density at radius 2 is 2.00 bits per heavy atom. The van der Waals surface area contributed by atoms with E-state index in [4.69, 9.17) is 10.5 Å². The molecule has 0 saturated carbocycles. The lowest BCUT2D eigenvalue weighted by molar-refractivity contribution is -0.110. The molecular weight excluding hydrogens is 240 g/mol. The Hall–Kier alpha value is -1.81. The summed E-state index contributed by atoms with van der Waals surface area (Å²) < 4.78 is 5.12. The molecule has 104 valence electrons. The third-order valence-electron chi connectivity index (χ3n) is 3.10. The van der Waals surface area contributed by atoms with Crippen LogP contribution in [-0.2, 0) is 4.79 Å². The molecule has 0 aliphatic carbocycles. The number of rotatable bonds is 7. The number of nitrogens with one attached hydrogen (secondary N) is 1. The van der Waals surface area contributed by atoms with E-state index in [0.717, 1.165) is 17.6 Å². The van der Waals surface area contributed by atoms with Crippen LogP contribution in [0.15, 0.2) is 36.5 Å². The van der Waals surface area contributed by atoms with Crippen molar-refractivity contribution in [1.82, 2.24) is 5.32 Å². The minimum Gasteiger partial charge on any atom is -0.497 e. The zero-order chi connectivity index (χ0) is 14.3. The van der Waals surface area contributed by atoms with Gasteiger partial charge in [0.1, 0.15) is 12.0 Å². The van der Waals surface area contributed by atoms with E-state index in [9.17, 15) is 4.79 Å². The summed E-state index contributed by atoms with van der Waals surface area (Å²) in [6.45, 7) is 4.44. The summed E-state index contributed by atoms with van der Waals surface area (Å²) in [5.41, 5.74) is 5.97. The summed E-state index contributed by atoms with van der Waals surface area (Å²) in [6.07, 6.45) is 4.57. The molecule has 1 aromatic rings. The van der Waals surface area contributed by atoms with Crippen LogP contribution in [0.1, 0.15) is 25.3 Å². The Morgan fingerprint density at radius 1 is 1.37 bits per heavy atom. The van der Waals surface area contributed by atoms with Crippen LogP contribution >= 0.6 is 0 Å². The maximum absolute atomic E-state index is 11.4. The van der Waals surface area contributed by atoms with Gasteiger partial charge in [-0.25, -0.2) is 0 Å². The Bertz CT molecular complexity index is 424. The van der Waals surface area contributed by atoms with E-state index < -0.39 is 0 Å². The molecule has 4 heteroatoms. The topological polar surface area (TPSA) is 64.3 Å². The monoisotopic (exact) mass is 262 g/mol. The summed E-state index contributed by atoms with van der Waals surface area (Å²) in [5, 5.41) is 3.21. The van der Waals surface area contributed by atoms with Crippen LogP contribution in [0.25, 0.3) is 0 Å². The van der Waals surface area contributed by atoms with E-state index in [1.54, 1.807) is 13.3 Å². The smallest absolute Gasteiger partial charge is 0.129 e. The van der Waals surface area contributed by atoms with E-state index in [2.05, 4.69) is 5.32 Å². The summed E-state index contributed by atoms with van der Waals surface area (Å²) in [4.78, 5) is 11.4. The number of benzene rings is 1. The molecule has 0 aliphatic heterocycles. The fourth-order valence-electron chi connectivity index (χ4n) is 1.91. The first-order chi connectivity index (χ1) is 9.05. The lowest BCUT2D eigenvalue weighted by Crippen LogP contribution is -2.42. The van der Waals surface area contributed by atoms with Gasteiger partial charge >= 0.3 is 0 Å². The number of nitrogens with two attached hydrogens (primary N) is 1. The summed E-state index contributed by atoms with van der Waals surface area (Å²) in [6, 6.07) is 7.54. The molecule has 3 N–H and O–H groups in total. The highest BCUT2D eigenvalue weighted by molar-refractivity contribution is 5.65. The second-order valence-electron chi connectivity index (χ2n) is 4.89. The van der Waals surface area contributed by atoms with Gasteiger partial charge in [-0.15, -0.1) is 0 Å². The number of methoxy groups -OCH3 is 1. The van der Waals surface area contributed by atoms with E-state index in [0.29, 0.717) is 6.54 Å². The molecule has 0 fully saturated rings. The van der Waals surface area contributed by atoms with Crippen molar-refractivity contribution in [3.63, 3.8) is 0 Å². The maximum atomic E-state index is 11.4. The Balaban J connectivity index is 2.91. The van der Waals surface area contributed by atoms with Gasteiger partial charge in [-0.2, -0.15) is 0 Å². The van der Waals surface area contributed by atoms with Gasteiger partial charge in [0.15, 0.2) is 0 Å². The SMILES string of the molecule is COc1ccc(C(C=O)C(C)(C)N/C=C\CN)cc1. The highest BCUT2D eigenvalue weighted by Crippen LogP contribution is 2.27. The van der Waals surface area contributed by atoms with Gasteiger partial charge in [0.2, 0.25) is 0 Å². The van der Waals surface area contributed by atoms with Crippen LogP contribution < -0.4 is 15.8 Å². The summed E-state index contributed by atoms with van der Waals surface area (Å²) >= 11 is 0. The standard InChI is InChI=1S/C15H22N2O2/c1-15(2,17-10-4-9-16)14(11-18)12-5-7-13(19-3)8-6-12/h4-8,10-11,14,17H,9,16H2,1-3H3/b10-4-. The van der Waals surface area contributed by atoms with Crippen LogP contribution in [0, 0.1) is 0 Å².